The number of hydrogen-bond donors (Lipinski definition) is 6. The van der Waals surface area contributed by atoms with Gasteiger partial charge in [0, 0.05) is 12.8 Å². The SMILES string of the molecule is CCCC/C=C\C/C=C\CCCCCCCC(=O)OC(COC(=O)CCCCCCC/C=C\CCCCCC)COP(=O)(O)OC1C(O)C(O)C(O)C(O)C1O. The molecule has 1 aliphatic rings. The quantitative estimate of drug-likeness (QED) is 0.0162. The summed E-state index contributed by atoms with van der Waals surface area (Å²) in [5, 5.41) is 50.0. The van der Waals surface area contributed by atoms with E-state index in [2.05, 4.69) is 50.3 Å². The number of ether oxygens (including phenoxy) is 2. The van der Waals surface area contributed by atoms with Crippen molar-refractivity contribution in [2.45, 2.75) is 204 Å². The van der Waals surface area contributed by atoms with Gasteiger partial charge in [-0.15, -0.1) is 0 Å². The Morgan fingerprint density at radius 2 is 0.982 bits per heavy atom. The second kappa shape index (κ2) is 33.0. The normalized spacial score (nSPS) is 23.2. The number of phosphoric acid groups is 1. The summed E-state index contributed by atoms with van der Waals surface area (Å²) < 4.78 is 33.4. The first-order valence-electron chi connectivity index (χ1n) is 21.3. The third-order valence-corrected chi connectivity index (χ3v) is 10.7. The standard InChI is InChI=1S/C42H75O13P/c1-3-5-7-9-11-13-15-17-19-21-23-25-27-29-31-36(44)54-34(33-53-56(50,51)55-42-40(48)38(46)37(45)39(47)41(42)49)32-52-35(43)30-28-26-24-22-20-18-16-14-12-10-8-6-4-2/h9,11,14-17,34,37-42,45-49H,3-8,10,12-13,18-33H2,1-2H3,(H,50,51)/b11-9-,16-14-,17-15-. The summed E-state index contributed by atoms with van der Waals surface area (Å²) in [5.41, 5.74) is 0. The lowest BCUT2D eigenvalue weighted by atomic mass is 9.85. The highest BCUT2D eigenvalue weighted by molar-refractivity contribution is 7.47. The molecule has 14 heteroatoms. The van der Waals surface area contributed by atoms with Gasteiger partial charge in [0.2, 0.25) is 0 Å². The highest BCUT2D eigenvalue weighted by Crippen LogP contribution is 2.47. The molecule has 0 aromatic heterocycles. The lowest BCUT2D eigenvalue weighted by molar-refractivity contribution is -0.220. The third kappa shape index (κ3) is 25.4. The molecule has 0 aliphatic heterocycles. The fourth-order valence-electron chi connectivity index (χ4n) is 6.18. The van der Waals surface area contributed by atoms with Crippen LogP contribution >= 0.6 is 7.82 Å². The molecule has 0 heterocycles. The summed E-state index contributed by atoms with van der Waals surface area (Å²) in [7, 11) is -5.12. The minimum atomic E-state index is -5.12. The zero-order valence-electron chi connectivity index (χ0n) is 34.2. The lowest BCUT2D eigenvalue weighted by Crippen LogP contribution is -2.64. The smallest absolute Gasteiger partial charge is 0.462 e. The van der Waals surface area contributed by atoms with E-state index < -0.39 is 75.7 Å². The summed E-state index contributed by atoms with van der Waals surface area (Å²) in [6.07, 6.45) is 22.1. The van der Waals surface area contributed by atoms with E-state index in [-0.39, 0.29) is 12.8 Å². The van der Waals surface area contributed by atoms with Crippen molar-refractivity contribution < 1.29 is 63.1 Å². The summed E-state index contributed by atoms with van der Waals surface area (Å²) in [5.74, 6) is -1.13. The molecule has 326 valence electrons. The Hall–Kier alpha value is -1.93. The molecule has 0 aromatic rings. The first-order valence-corrected chi connectivity index (χ1v) is 22.8. The number of carbonyl (C=O) groups excluding carboxylic acids is 2. The second-order valence-corrected chi connectivity index (χ2v) is 16.2. The Morgan fingerprint density at radius 3 is 1.52 bits per heavy atom. The van der Waals surface area contributed by atoms with Crippen molar-refractivity contribution in [3.63, 3.8) is 0 Å². The van der Waals surface area contributed by atoms with Crippen LogP contribution in [0.3, 0.4) is 0 Å². The largest absolute Gasteiger partial charge is 0.472 e. The molecule has 1 rings (SSSR count). The predicted molar refractivity (Wildman–Crippen MR) is 216 cm³/mol. The lowest BCUT2D eigenvalue weighted by Gasteiger charge is -2.41. The molecule has 6 unspecified atom stereocenters. The molecule has 1 saturated carbocycles. The molecule has 1 aliphatic carbocycles. The molecule has 0 saturated heterocycles. The van der Waals surface area contributed by atoms with Crippen LogP contribution in [-0.2, 0) is 32.7 Å². The number of unbranched alkanes of at least 4 members (excludes halogenated alkanes) is 16. The summed E-state index contributed by atoms with van der Waals surface area (Å²) in [6, 6.07) is 0. The first-order chi connectivity index (χ1) is 26.9. The van der Waals surface area contributed by atoms with Gasteiger partial charge in [-0.3, -0.25) is 18.6 Å². The topological polar surface area (TPSA) is 210 Å². The Kier molecular flexibility index (Phi) is 30.7. The summed E-state index contributed by atoms with van der Waals surface area (Å²) >= 11 is 0. The molecule has 0 bridgehead atoms. The molecule has 1 fully saturated rings. The van der Waals surface area contributed by atoms with Gasteiger partial charge in [-0.1, -0.05) is 121 Å². The van der Waals surface area contributed by atoms with E-state index in [0.717, 1.165) is 83.5 Å². The Morgan fingerprint density at radius 1 is 0.554 bits per heavy atom. The summed E-state index contributed by atoms with van der Waals surface area (Å²) in [4.78, 5) is 35.6. The Labute approximate surface area is 336 Å². The van der Waals surface area contributed by atoms with Crippen LogP contribution in [0.4, 0.5) is 0 Å². The van der Waals surface area contributed by atoms with Crippen LogP contribution in [-0.4, -0.2) is 98.3 Å². The number of allylic oxidation sites excluding steroid dienone is 6. The Bertz CT molecular complexity index is 1130. The van der Waals surface area contributed by atoms with E-state index in [1.807, 2.05) is 0 Å². The maximum absolute atomic E-state index is 12.8. The van der Waals surface area contributed by atoms with Crippen molar-refractivity contribution in [3.05, 3.63) is 36.5 Å². The van der Waals surface area contributed by atoms with Crippen molar-refractivity contribution in [2.75, 3.05) is 13.2 Å². The number of hydrogen-bond acceptors (Lipinski definition) is 12. The van der Waals surface area contributed by atoms with Crippen molar-refractivity contribution in [2.24, 2.45) is 0 Å². The molecule has 6 N–H and O–H groups in total. The van der Waals surface area contributed by atoms with Crippen LogP contribution < -0.4 is 0 Å². The average Bonchev–Trinajstić information content (AvgIpc) is 3.18. The van der Waals surface area contributed by atoms with E-state index in [0.29, 0.717) is 12.8 Å². The van der Waals surface area contributed by atoms with Crippen molar-refractivity contribution in [1.29, 1.82) is 0 Å². The van der Waals surface area contributed by atoms with E-state index in [1.165, 1.54) is 38.5 Å². The second-order valence-electron chi connectivity index (χ2n) is 14.8. The van der Waals surface area contributed by atoms with Crippen LogP contribution in [0.15, 0.2) is 36.5 Å². The van der Waals surface area contributed by atoms with E-state index in [4.69, 9.17) is 18.5 Å². The van der Waals surface area contributed by atoms with Gasteiger partial charge in [0.25, 0.3) is 0 Å². The monoisotopic (exact) mass is 818 g/mol. The number of esters is 2. The van der Waals surface area contributed by atoms with Gasteiger partial charge in [-0.25, -0.2) is 4.57 Å². The number of aliphatic hydroxyl groups is 5. The van der Waals surface area contributed by atoms with Gasteiger partial charge >= 0.3 is 19.8 Å². The minimum absolute atomic E-state index is 0.0787. The number of rotatable bonds is 34. The number of aliphatic hydroxyl groups excluding tert-OH is 5. The highest BCUT2D eigenvalue weighted by atomic mass is 31.2. The first kappa shape index (κ1) is 52.1. The van der Waals surface area contributed by atoms with Crippen LogP contribution in [0, 0.1) is 0 Å². The molecule has 0 spiro atoms. The van der Waals surface area contributed by atoms with Crippen molar-refractivity contribution >= 4 is 19.8 Å². The zero-order chi connectivity index (χ0) is 41.4. The maximum Gasteiger partial charge on any atom is 0.472 e. The highest BCUT2D eigenvalue weighted by Gasteiger charge is 2.51. The van der Waals surface area contributed by atoms with Gasteiger partial charge in [-0.2, -0.15) is 0 Å². The molecule has 6 atom stereocenters. The molecular weight excluding hydrogens is 743 g/mol. The van der Waals surface area contributed by atoms with E-state index in [1.54, 1.807) is 0 Å². The van der Waals surface area contributed by atoms with E-state index in [9.17, 15) is 44.6 Å². The van der Waals surface area contributed by atoms with Crippen molar-refractivity contribution in [1.82, 2.24) is 0 Å². The molecule has 0 amide bonds. The van der Waals surface area contributed by atoms with Crippen LogP contribution in [0.5, 0.6) is 0 Å². The zero-order valence-corrected chi connectivity index (χ0v) is 35.1. The Balaban J connectivity index is 2.52. The van der Waals surface area contributed by atoms with Gasteiger partial charge in [0.15, 0.2) is 6.10 Å². The maximum atomic E-state index is 12.8. The molecule has 56 heavy (non-hydrogen) atoms. The van der Waals surface area contributed by atoms with Crippen LogP contribution in [0.2, 0.25) is 0 Å². The summed E-state index contributed by atoms with van der Waals surface area (Å²) in [6.45, 7) is 3.20. The molecular formula is C42H75O13P. The average molecular weight is 819 g/mol. The fourth-order valence-corrected chi connectivity index (χ4v) is 7.15. The van der Waals surface area contributed by atoms with Crippen LogP contribution in [0.1, 0.15) is 162 Å². The molecule has 13 nitrogen and oxygen atoms in total. The molecule has 0 aromatic carbocycles. The van der Waals surface area contributed by atoms with Gasteiger partial charge < -0.3 is 39.9 Å². The fraction of sp³-hybridized carbons (Fsp3) is 0.810. The van der Waals surface area contributed by atoms with Crippen molar-refractivity contribution in [3.8, 4) is 0 Å². The number of carbonyl (C=O) groups is 2. The number of phosphoric ester groups is 1. The van der Waals surface area contributed by atoms with E-state index >= 15 is 0 Å². The molecule has 0 radical (unpaired) electrons. The van der Waals surface area contributed by atoms with Crippen LogP contribution in [0.25, 0.3) is 0 Å². The third-order valence-electron chi connectivity index (χ3n) is 9.70. The van der Waals surface area contributed by atoms with Gasteiger partial charge in [-0.05, 0) is 64.2 Å². The predicted octanol–water partition coefficient (Wildman–Crippen LogP) is 7.44. The minimum Gasteiger partial charge on any atom is -0.462 e. The van der Waals surface area contributed by atoms with Gasteiger partial charge in [0.05, 0.1) is 6.61 Å². The van der Waals surface area contributed by atoms with Gasteiger partial charge in [0.1, 0.15) is 43.2 Å².